The van der Waals surface area contributed by atoms with E-state index in [1.165, 1.54) is 13.0 Å². The average molecular weight is 395 g/mol. The third kappa shape index (κ3) is 5.37. The summed E-state index contributed by atoms with van der Waals surface area (Å²) in [6, 6.07) is 0.189. The molecule has 0 saturated carbocycles. The van der Waals surface area contributed by atoms with Crippen molar-refractivity contribution < 1.29 is 0 Å². The molecule has 1 radical (unpaired) electrons. The Morgan fingerprint density at radius 2 is 1.91 bits per heavy atom. The normalized spacial score (nSPS) is 24.5. The SMILES string of the molecule is CC.CN1CCCC([NH-])C1.[Es]. The van der Waals surface area contributed by atoms with Gasteiger partial charge in [0, 0.05) is 0 Å². The van der Waals surface area contributed by atoms with Crippen molar-refractivity contribution in [2.45, 2.75) is 32.7 Å². The summed E-state index contributed by atoms with van der Waals surface area (Å²) >= 11 is 0. The van der Waals surface area contributed by atoms with E-state index in [0.717, 1.165) is 13.0 Å². The molecule has 0 spiro atoms. The van der Waals surface area contributed by atoms with E-state index >= 15 is 0 Å². The number of likely N-dealkylation sites (tertiary alicyclic amines) is 1. The third-order valence-electron chi connectivity index (χ3n) is 1.62. The van der Waals surface area contributed by atoms with Crippen LogP contribution < -0.4 is 0 Å². The molecular weight excluding hydrogens is 376 g/mol. The fourth-order valence-electron chi connectivity index (χ4n) is 1.17. The molecule has 1 atom stereocenters. The maximum absolute atomic E-state index is 7.36. The molecule has 1 unspecified atom stereocenters. The van der Waals surface area contributed by atoms with Crippen molar-refractivity contribution in [1.29, 1.82) is 0 Å². The summed E-state index contributed by atoms with van der Waals surface area (Å²) in [6.45, 7) is 6.16. The second kappa shape index (κ2) is 7.03. The van der Waals surface area contributed by atoms with Crippen molar-refractivity contribution in [2.24, 2.45) is 0 Å². The van der Waals surface area contributed by atoms with E-state index in [1.807, 2.05) is 13.8 Å². The van der Waals surface area contributed by atoms with E-state index in [2.05, 4.69) is 11.9 Å². The fraction of sp³-hybridized carbons (Fsp3) is 1.00. The van der Waals surface area contributed by atoms with Gasteiger partial charge in [-0.05, 0) is 26.6 Å². The number of nitrogens with one attached hydrogen (secondary N) is 1. The fourth-order valence-corrected chi connectivity index (χ4v) is 1.17. The summed E-state index contributed by atoms with van der Waals surface area (Å²) in [6.07, 6.45) is 2.31. The summed E-state index contributed by atoms with van der Waals surface area (Å²) < 4.78 is 0. The van der Waals surface area contributed by atoms with Gasteiger partial charge in [0.1, 0.15) is 0 Å². The van der Waals surface area contributed by atoms with Gasteiger partial charge in [-0.3, -0.25) is 0 Å². The topological polar surface area (TPSA) is 27.0 Å². The second-order valence-corrected chi connectivity index (χ2v) is 2.60. The van der Waals surface area contributed by atoms with Gasteiger partial charge < -0.3 is 10.6 Å². The van der Waals surface area contributed by atoms with Crippen LogP contribution in [0.25, 0.3) is 5.73 Å². The van der Waals surface area contributed by atoms with Crippen LogP contribution in [-0.2, 0) is 0 Å². The van der Waals surface area contributed by atoms with Gasteiger partial charge in [-0.15, -0.1) is 6.04 Å². The number of rotatable bonds is 0. The van der Waals surface area contributed by atoms with Crippen molar-refractivity contribution in [1.82, 2.24) is 4.90 Å². The van der Waals surface area contributed by atoms with E-state index in [4.69, 9.17) is 5.73 Å². The minimum absolute atomic E-state index is 0. The number of likely N-dealkylation sites (N-methyl/N-ethyl adjacent to an activating group) is 1. The molecule has 1 saturated heterocycles. The van der Waals surface area contributed by atoms with E-state index in [-0.39, 0.29) is 6.04 Å². The zero-order chi connectivity index (χ0) is 7.98. The van der Waals surface area contributed by atoms with Crippen LogP contribution in [-0.4, -0.2) is 31.1 Å². The van der Waals surface area contributed by atoms with Crippen molar-refractivity contribution in [3.8, 4) is 0 Å². The Labute approximate surface area is 64.4 Å². The number of hydrogen-bond acceptors (Lipinski definition) is 1. The minimum atomic E-state index is 0. The Morgan fingerprint density at radius 1 is 1.36 bits per heavy atom. The summed E-state index contributed by atoms with van der Waals surface area (Å²) in [7, 11) is 2.08. The van der Waals surface area contributed by atoms with Crippen LogP contribution in [0, 0.1) is 0 Å². The van der Waals surface area contributed by atoms with E-state index in [0.29, 0.717) is 0 Å². The standard InChI is InChI=1S/C6H13N2.C2H6.Es/c1-8-4-2-3-6(7)5-8;1-2;/h6-7H,2-5H2,1H3;1-2H3;/q-1;;. The molecule has 2 nitrogen and oxygen atoms in total. The van der Waals surface area contributed by atoms with Crippen LogP contribution in [0.3, 0.4) is 0 Å². The van der Waals surface area contributed by atoms with Crippen LogP contribution in [0.15, 0.2) is 0 Å². The summed E-state index contributed by atoms with van der Waals surface area (Å²) in [4.78, 5) is 2.22. The molecule has 0 aliphatic carbocycles. The Balaban J connectivity index is 0. The minimum Gasteiger partial charge on any atom is -0.674 e. The Hall–Kier alpha value is -1.08. The first-order valence-corrected chi connectivity index (χ1v) is 4.18. The molecule has 0 aromatic carbocycles. The number of piperidine rings is 1. The molecule has 1 heterocycles. The molecule has 3 heteroatoms. The van der Waals surface area contributed by atoms with Crippen molar-refractivity contribution >= 4 is 0 Å². The zero-order valence-electron chi connectivity index (χ0n) is 7.65. The van der Waals surface area contributed by atoms with Gasteiger partial charge in [0.15, 0.2) is 0 Å². The quantitative estimate of drug-likeness (QED) is 0.618. The van der Waals surface area contributed by atoms with E-state index in [1.54, 1.807) is 0 Å². The first-order valence-electron chi connectivity index (χ1n) is 4.18. The zero-order valence-corrected chi connectivity index (χ0v) is 10.2. The third-order valence-corrected chi connectivity index (χ3v) is 1.62. The number of hydrogen-bond donors (Lipinski definition) is 0. The summed E-state index contributed by atoms with van der Waals surface area (Å²) in [5.74, 6) is 0. The van der Waals surface area contributed by atoms with Gasteiger partial charge in [0.25, 0.3) is 0 Å². The van der Waals surface area contributed by atoms with Gasteiger partial charge in [-0.2, -0.15) is 0 Å². The van der Waals surface area contributed by atoms with E-state index < -0.39 is 0 Å². The Bertz CT molecular complexity index is 70.5. The average Bonchev–Trinajstić information content (AvgIpc) is 1.91. The van der Waals surface area contributed by atoms with Crippen molar-refractivity contribution in [2.75, 3.05) is 20.1 Å². The summed E-state index contributed by atoms with van der Waals surface area (Å²) in [5, 5.41) is 0. The maximum Gasteiger partial charge on any atom is 0 e. The van der Waals surface area contributed by atoms with E-state index in [9.17, 15) is 0 Å². The molecule has 73 valence electrons. The van der Waals surface area contributed by atoms with Crippen molar-refractivity contribution in [3.05, 3.63) is 5.73 Å². The molecular formula is C8H19EsN2-. The van der Waals surface area contributed by atoms with Crippen LogP contribution in [0.2, 0.25) is 0 Å². The second-order valence-electron chi connectivity index (χ2n) is 2.60. The molecule has 1 N–H and O–H groups in total. The maximum atomic E-state index is 7.36. The van der Waals surface area contributed by atoms with Crippen LogP contribution >= 0.6 is 0 Å². The van der Waals surface area contributed by atoms with Crippen molar-refractivity contribution in [3.63, 3.8) is 0 Å². The molecule has 0 aromatic rings. The molecule has 0 aromatic heterocycles. The summed E-state index contributed by atoms with van der Waals surface area (Å²) in [5.41, 5.74) is 7.36. The smallest absolute Gasteiger partial charge is 0 e. The molecule has 1 fully saturated rings. The van der Waals surface area contributed by atoms with Gasteiger partial charge in [0.05, 0.1) is 0 Å². The van der Waals surface area contributed by atoms with Crippen LogP contribution in [0.1, 0.15) is 26.7 Å². The molecule has 11 heavy (non-hydrogen) atoms. The van der Waals surface area contributed by atoms with Crippen LogP contribution in [0.5, 0.6) is 0 Å². The number of nitrogens with zero attached hydrogens (tertiary/aromatic N) is 1. The molecule has 0 bridgehead atoms. The van der Waals surface area contributed by atoms with Crippen LogP contribution in [0.4, 0.5) is 0 Å². The molecule has 1 aliphatic heterocycles. The monoisotopic (exact) mass is 395 g/mol. The first kappa shape index (κ1) is 12.6. The molecule has 1 rings (SSSR count). The predicted octanol–water partition coefficient (Wildman–Crippen LogP) is 2.16. The largest absolute Gasteiger partial charge is 0.674 e. The molecule has 1 aliphatic rings. The van der Waals surface area contributed by atoms with Gasteiger partial charge in [-0.1, -0.05) is 20.3 Å². The Kier molecular flexibility index (Phi) is 8.04. The Morgan fingerprint density at radius 3 is 2.18 bits per heavy atom. The van der Waals surface area contributed by atoms with Gasteiger partial charge in [-0.25, -0.2) is 0 Å². The predicted molar refractivity (Wildman–Crippen MR) is 46.2 cm³/mol. The van der Waals surface area contributed by atoms with Gasteiger partial charge >= 0.3 is 0 Å². The first-order chi connectivity index (χ1) is 4.79. The molecule has 0 amide bonds. The van der Waals surface area contributed by atoms with Gasteiger partial charge in [0.2, 0.25) is 0 Å².